The van der Waals surface area contributed by atoms with Gasteiger partial charge in [0.05, 0.1) is 21.1 Å². The molecule has 2 aromatic heterocycles. The van der Waals surface area contributed by atoms with Gasteiger partial charge in [0.2, 0.25) is 5.95 Å². The van der Waals surface area contributed by atoms with Gasteiger partial charge in [-0.25, -0.2) is 9.97 Å². The van der Waals surface area contributed by atoms with E-state index in [1.165, 1.54) is 10.9 Å². The number of hydrogen-bond acceptors (Lipinski definition) is 7. The van der Waals surface area contributed by atoms with E-state index in [1.54, 1.807) is 43.3 Å². The quantitative estimate of drug-likeness (QED) is 0.389. The highest BCUT2D eigenvalue weighted by atomic mass is 35.5. The van der Waals surface area contributed by atoms with Crippen LogP contribution in [0.25, 0.3) is 16.6 Å². The van der Waals surface area contributed by atoms with Crippen LogP contribution < -0.4 is 16.2 Å². The number of para-hydroxylation sites is 1. The SMILES string of the molecule is Cc1nn(-c2c(Cl)cccc2Cl)c(=O)c2cnc(Nc3cccc(C(=O)NC4CCN(C)CC4)c3)nc12. The topological polar surface area (TPSA) is 105 Å². The fraction of sp³-hybridized carbons (Fsp3) is 0.269. The molecule has 4 aromatic rings. The zero-order valence-electron chi connectivity index (χ0n) is 20.3. The van der Waals surface area contributed by atoms with Gasteiger partial charge >= 0.3 is 0 Å². The molecule has 3 heterocycles. The Balaban J connectivity index is 1.39. The summed E-state index contributed by atoms with van der Waals surface area (Å²) in [6.45, 7) is 3.68. The maximum Gasteiger partial charge on any atom is 0.282 e. The number of amides is 1. The fourth-order valence-electron chi connectivity index (χ4n) is 4.36. The Bertz CT molecular complexity index is 1530. The van der Waals surface area contributed by atoms with Crippen LogP contribution >= 0.6 is 23.2 Å². The van der Waals surface area contributed by atoms with Gasteiger partial charge in [-0.2, -0.15) is 9.78 Å². The molecule has 11 heteroatoms. The minimum atomic E-state index is -0.435. The molecule has 0 unspecified atom stereocenters. The molecule has 1 amide bonds. The summed E-state index contributed by atoms with van der Waals surface area (Å²) < 4.78 is 1.17. The predicted molar refractivity (Wildman–Crippen MR) is 145 cm³/mol. The molecule has 9 nitrogen and oxygen atoms in total. The molecule has 1 saturated heterocycles. The van der Waals surface area contributed by atoms with Gasteiger partial charge in [0.25, 0.3) is 11.5 Å². The van der Waals surface area contributed by atoms with Crippen molar-refractivity contribution in [1.82, 2.24) is 30.0 Å². The fourth-order valence-corrected chi connectivity index (χ4v) is 4.92. The second-order valence-corrected chi connectivity index (χ2v) is 9.90. The van der Waals surface area contributed by atoms with E-state index in [1.807, 2.05) is 6.07 Å². The minimum absolute atomic E-state index is 0.114. The van der Waals surface area contributed by atoms with Crippen LogP contribution in [0.15, 0.2) is 53.5 Å². The van der Waals surface area contributed by atoms with Crippen molar-refractivity contribution in [2.75, 3.05) is 25.5 Å². The second-order valence-electron chi connectivity index (χ2n) is 9.09. The lowest BCUT2D eigenvalue weighted by molar-refractivity contribution is 0.0917. The van der Waals surface area contributed by atoms with Crippen molar-refractivity contribution in [3.8, 4) is 5.69 Å². The van der Waals surface area contributed by atoms with Gasteiger partial charge in [-0.05, 0) is 70.2 Å². The van der Waals surface area contributed by atoms with Crippen LogP contribution in [0.4, 0.5) is 11.6 Å². The van der Waals surface area contributed by atoms with Crippen molar-refractivity contribution >= 4 is 51.6 Å². The zero-order valence-corrected chi connectivity index (χ0v) is 21.8. The number of halogens is 2. The number of benzene rings is 2. The number of nitrogens with one attached hydrogen (secondary N) is 2. The van der Waals surface area contributed by atoms with Crippen LogP contribution in [-0.4, -0.2) is 56.7 Å². The first-order valence-corrected chi connectivity index (χ1v) is 12.6. The number of aryl methyl sites for hydroxylation is 1. The van der Waals surface area contributed by atoms with Crippen molar-refractivity contribution in [2.45, 2.75) is 25.8 Å². The smallest absolute Gasteiger partial charge is 0.282 e. The van der Waals surface area contributed by atoms with E-state index in [0.29, 0.717) is 38.2 Å². The van der Waals surface area contributed by atoms with Gasteiger partial charge in [-0.3, -0.25) is 9.59 Å². The normalized spacial score (nSPS) is 14.6. The number of carbonyl (C=O) groups is 1. The first kappa shape index (κ1) is 25.1. The Morgan fingerprint density at radius 2 is 1.78 bits per heavy atom. The van der Waals surface area contributed by atoms with Gasteiger partial charge < -0.3 is 15.5 Å². The molecule has 2 N–H and O–H groups in total. The summed E-state index contributed by atoms with van der Waals surface area (Å²) >= 11 is 12.6. The lowest BCUT2D eigenvalue weighted by Gasteiger charge is -2.29. The van der Waals surface area contributed by atoms with Crippen LogP contribution in [0.2, 0.25) is 10.0 Å². The van der Waals surface area contributed by atoms with E-state index < -0.39 is 5.56 Å². The lowest BCUT2D eigenvalue weighted by atomic mass is 10.0. The number of nitrogens with zero attached hydrogens (tertiary/aromatic N) is 5. The van der Waals surface area contributed by atoms with E-state index in [4.69, 9.17) is 23.2 Å². The maximum absolute atomic E-state index is 13.2. The first-order valence-electron chi connectivity index (χ1n) is 11.9. The molecule has 1 fully saturated rings. The number of hydrogen-bond donors (Lipinski definition) is 2. The van der Waals surface area contributed by atoms with Crippen molar-refractivity contribution in [2.24, 2.45) is 0 Å². The number of rotatable bonds is 5. The van der Waals surface area contributed by atoms with Crippen LogP contribution in [0.5, 0.6) is 0 Å². The predicted octanol–water partition coefficient (Wildman–Crippen LogP) is 4.36. The summed E-state index contributed by atoms with van der Waals surface area (Å²) in [6.07, 6.45) is 3.31. The van der Waals surface area contributed by atoms with E-state index in [2.05, 4.69) is 37.6 Å². The van der Waals surface area contributed by atoms with Gasteiger partial charge in [0.1, 0.15) is 11.2 Å². The Labute approximate surface area is 223 Å². The van der Waals surface area contributed by atoms with Crippen molar-refractivity contribution in [3.63, 3.8) is 0 Å². The van der Waals surface area contributed by atoms with E-state index in [0.717, 1.165) is 25.9 Å². The van der Waals surface area contributed by atoms with E-state index in [9.17, 15) is 9.59 Å². The maximum atomic E-state index is 13.2. The third-order valence-electron chi connectivity index (χ3n) is 6.39. The molecule has 0 atom stereocenters. The van der Waals surface area contributed by atoms with Crippen LogP contribution in [-0.2, 0) is 0 Å². The molecule has 0 saturated carbocycles. The molecule has 190 valence electrons. The molecular weight excluding hydrogens is 513 g/mol. The largest absolute Gasteiger partial charge is 0.349 e. The number of carbonyl (C=O) groups excluding carboxylic acids is 1. The minimum Gasteiger partial charge on any atom is -0.349 e. The summed E-state index contributed by atoms with van der Waals surface area (Å²) in [6, 6.07) is 12.3. The average molecular weight is 538 g/mol. The number of anilines is 2. The molecule has 0 aliphatic carbocycles. The summed E-state index contributed by atoms with van der Waals surface area (Å²) in [5.41, 5.74) is 1.97. The Morgan fingerprint density at radius 3 is 2.51 bits per heavy atom. The standard InChI is InChI=1S/C26H25Cl2N7O2/c1-15-22-19(25(37)35(33-15)23-20(27)7-4-8-21(23)28)14-29-26(32-22)31-18-6-3-5-16(13-18)24(36)30-17-9-11-34(2)12-10-17/h3-8,13-14,17H,9-12H2,1-2H3,(H,30,36)(H,29,31,32). The molecule has 0 spiro atoms. The van der Waals surface area contributed by atoms with Crippen LogP contribution in [0.1, 0.15) is 28.9 Å². The van der Waals surface area contributed by atoms with Crippen LogP contribution in [0.3, 0.4) is 0 Å². The van der Waals surface area contributed by atoms with Gasteiger partial charge in [0.15, 0.2) is 0 Å². The van der Waals surface area contributed by atoms with Crippen molar-refractivity contribution < 1.29 is 4.79 Å². The highest BCUT2D eigenvalue weighted by Crippen LogP contribution is 2.27. The molecule has 1 aliphatic rings. The first-order chi connectivity index (χ1) is 17.8. The third-order valence-corrected chi connectivity index (χ3v) is 7.00. The molecule has 2 aromatic carbocycles. The summed E-state index contributed by atoms with van der Waals surface area (Å²) in [5, 5.41) is 11.5. The van der Waals surface area contributed by atoms with E-state index >= 15 is 0 Å². The van der Waals surface area contributed by atoms with Crippen LogP contribution in [0, 0.1) is 6.92 Å². The number of likely N-dealkylation sites (tertiary alicyclic amines) is 1. The highest BCUT2D eigenvalue weighted by molar-refractivity contribution is 6.37. The highest BCUT2D eigenvalue weighted by Gasteiger charge is 2.20. The third kappa shape index (κ3) is 5.29. The molecule has 0 bridgehead atoms. The molecule has 5 rings (SSSR count). The van der Waals surface area contributed by atoms with E-state index in [-0.39, 0.29) is 23.3 Å². The number of aromatic nitrogens is 4. The van der Waals surface area contributed by atoms with Gasteiger partial charge in [0, 0.05) is 23.5 Å². The molecule has 37 heavy (non-hydrogen) atoms. The number of fused-ring (bicyclic) bond motifs is 1. The lowest BCUT2D eigenvalue weighted by Crippen LogP contribution is -2.43. The molecule has 0 radical (unpaired) electrons. The summed E-state index contributed by atoms with van der Waals surface area (Å²) in [4.78, 5) is 37.1. The Kier molecular flexibility index (Phi) is 7.10. The number of piperidine rings is 1. The molecular formula is C26H25Cl2N7O2. The average Bonchev–Trinajstić information content (AvgIpc) is 2.88. The summed E-state index contributed by atoms with van der Waals surface area (Å²) in [5.74, 6) is 0.162. The Morgan fingerprint density at radius 1 is 1.08 bits per heavy atom. The molecule has 1 aliphatic heterocycles. The van der Waals surface area contributed by atoms with Gasteiger partial charge in [-0.1, -0.05) is 35.3 Å². The van der Waals surface area contributed by atoms with Gasteiger partial charge in [-0.15, -0.1) is 0 Å². The Hall–Kier alpha value is -3.53. The van der Waals surface area contributed by atoms with Crippen molar-refractivity contribution in [3.05, 3.63) is 80.3 Å². The van der Waals surface area contributed by atoms with Crippen molar-refractivity contribution in [1.29, 1.82) is 0 Å². The monoisotopic (exact) mass is 537 g/mol. The summed E-state index contributed by atoms with van der Waals surface area (Å²) in [7, 11) is 2.09. The second kappa shape index (κ2) is 10.5. The zero-order chi connectivity index (χ0) is 26.1.